The fourth-order valence-corrected chi connectivity index (χ4v) is 6.93. The predicted octanol–water partition coefficient (Wildman–Crippen LogP) is 3.24. The summed E-state index contributed by atoms with van der Waals surface area (Å²) in [6, 6.07) is 8.92. The minimum absolute atomic E-state index is 0.0976. The third-order valence-electron chi connectivity index (χ3n) is 7.85. The molecule has 2 unspecified atom stereocenters. The lowest BCUT2D eigenvalue weighted by Crippen LogP contribution is -2.57. The number of aryl methyl sites for hydroxylation is 1. The van der Waals surface area contributed by atoms with Crippen molar-refractivity contribution < 1.29 is 19.1 Å². The summed E-state index contributed by atoms with van der Waals surface area (Å²) >= 11 is 0. The molecule has 0 aromatic heterocycles. The van der Waals surface area contributed by atoms with Crippen LogP contribution >= 0.6 is 0 Å². The summed E-state index contributed by atoms with van der Waals surface area (Å²) in [5.41, 5.74) is 2.36. The third-order valence-corrected chi connectivity index (χ3v) is 7.85. The SMILES string of the molecule is Cc1ccc(C23CC4CC(CC(C(=O)OCC(=O)N5CCOCC5)(C4)C2)C3)cc1. The number of hydrogen-bond acceptors (Lipinski definition) is 4. The molecule has 5 nitrogen and oxygen atoms in total. The summed E-state index contributed by atoms with van der Waals surface area (Å²) < 4.78 is 11.0. The number of hydrogen-bond donors (Lipinski definition) is 0. The second kappa shape index (κ2) is 7.12. The summed E-state index contributed by atoms with van der Waals surface area (Å²) in [6.07, 6.45) is 6.36. The van der Waals surface area contributed by atoms with Gasteiger partial charge in [-0.25, -0.2) is 0 Å². The topological polar surface area (TPSA) is 55.8 Å². The van der Waals surface area contributed by atoms with E-state index in [4.69, 9.17) is 9.47 Å². The lowest BCUT2D eigenvalue weighted by Gasteiger charge is -2.61. The Balaban J connectivity index is 1.32. The summed E-state index contributed by atoms with van der Waals surface area (Å²) in [5, 5.41) is 0. The van der Waals surface area contributed by atoms with E-state index < -0.39 is 5.41 Å². The van der Waals surface area contributed by atoms with Crippen molar-refractivity contribution in [2.45, 2.75) is 50.9 Å². The molecule has 4 saturated carbocycles. The standard InChI is InChI=1S/C24H31NO4/c1-17-2-4-20(5-3-17)23-11-18-10-19(12-23)14-24(13-18,16-23)22(27)29-15-21(26)25-6-8-28-9-7-25/h2-5,18-19H,6-16H2,1H3. The van der Waals surface area contributed by atoms with Crippen molar-refractivity contribution in [3.63, 3.8) is 0 Å². The molecule has 1 aromatic carbocycles. The van der Waals surface area contributed by atoms with Crippen LogP contribution in [0.2, 0.25) is 0 Å². The van der Waals surface area contributed by atoms with Gasteiger partial charge in [0.2, 0.25) is 0 Å². The second-order valence-corrected chi connectivity index (χ2v) is 9.96. The van der Waals surface area contributed by atoms with E-state index in [0.717, 1.165) is 19.3 Å². The van der Waals surface area contributed by atoms with Gasteiger partial charge in [-0.1, -0.05) is 29.8 Å². The quantitative estimate of drug-likeness (QED) is 0.732. The maximum Gasteiger partial charge on any atom is 0.312 e. The molecular formula is C24H31NO4. The van der Waals surface area contributed by atoms with E-state index in [9.17, 15) is 9.59 Å². The molecule has 4 aliphatic carbocycles. The number of amides is 1. The molecule has 156 valence electrons. The monoisotopic (exact) mass is 397 g/mol. The van der Waals surface area contributed by atoms with Crippen LogP contribution < -0.4 is 0 Å². The van der Waals surface area contributed by atoms with Crippen molar-refractivity contribution in [3.8, 4) is 0 Å². The van der Waals surface area contributed by atoms with E-state index >= 15 is 0 Å². The Hall–Kier alpha value is -1.88. The highest BCUT2D eigenvalue weighted by Gasteiger charge is 2.61. The van der Waals surface area contributed by atoms with Gasteiger partial charge in [0, 0.05) is 13.1 Å². The van der Waals surface area contributed by atoms with Crippen LogP contribution in [0.3, 0.4) is 0 Å². The summed E-state index contributed by atoms with van der Waals surface area (Å²) in [4.78, 5) is 27.5. The maximum absolute atomic E-state index is 13.3. The molecule has 1 aromatic rings. The van der Waals surface area contributed by atoms with Crippen molar-refractivity contribution >= 4 is 11.9 Å². The number of ether oxygens (including phenoxy) is 2. The number of rotatable bonds is 4. The van der Waals surface area contributed by atoms with Crippen LogP contribution in [0, 0.1) is 24.2 Å². The van der Waals surface area contributed by atoms with E-state index in [-0.39, 0.29) is 23.9 Å². The highest BCUT2D eigenvalue weighted by Crippen LogP contribution is 2.66. The van der Waals surface area contributed by atoms with Crippen molar-refractivity contribution in [2.24, 2.45) is 17.3 Å². The molecule has 1 heterocycles. The van der Waals surface area contributed by atoms with Gasteiger partial charge in [-0.05, 0) is 68.3 Å². The first-order chi connectivity index (χ1) is 14.0. The molecular weight excluding hydrogens is 366 g/mol. The Labute approximate surface area is 172 Å². The van der Waals surface area contributed by atoms with Crippen molar-refractivity contribution in [1.82, 2.24) is 4.90 Å². The minimum atomic E-state index is -0.403. The zero-order valence-electron chi connectivity index (χ0n) is 17.3. The molecule has 0 spiro atoms. The number of nitrogens with zero attached hydrogens (tertiary/aromatic N) is 1. The fourth-order valence-electron chi connectivity index (χ4n) is 6.93. The molecule has 1 saturated heterocycles. The minimum Gasteiger partial charge on any atom is -0.455 e. The predicted molar refractivity (Wildman–Crippen MR) is 108 cm³/mol. The smallest absolute Gasteiger partial charge is 0.312 e. The van der Waals surface area contributed by atoms with Gasteiger partial charge in [-0.2, -0.15) is 0 Å². The molecule has 5 aliphatic rings. The van der Waals surface area contributed by atoms with Gasteiger partial charge < -0.3 is 14.4 Å². The summed E-state index contributed by atoms with van der Waals surface area (Å²) in [6.45, 7) is 4.28. The average molecular weight is 398 g/mol. The first-order valence-electron chi connectivity index (χ1n) is 11.1. The van der Waals surface area contributed by atoms with Gasteiger partial charge in [0.05, 0.1) is 18.6 Å². The van der Waals surface area contributed by atoms with Crippen molar-refractivity contribution in [1.29, 1.82) is 0 Å². The lowest BCUT2D eigenvalue weighted by atomic mass is 9.43. The molecule has 29 heavy (non-hydrogen) atoms. The number of carbonyl (C=O) groups is 2. The van der Waals surface area contributed by atoms with E-state index in [2.05, 4.69) is 31.2 Å². The molecule has 5 heteroatoms. The number of esters is 1. The first-order valence-corrected chi connectivity index (χ1v) is 11.1. The first kappa shape index (κ1) is 19.1. The van der Waals surface area contributed by atoms with E-state index in [0.29, 0.717) is 38.1 Å². The Bertz CT molecular complexity index is 782. The number of carbonyl (C=O) groups excluding carboxylic acids is 2. The number of benzene rings is 1. The normalized spacial score (nSPS) is 35.6. The van der Waals surface area contributed by atoms with Crippen LogP contribution in [-0.2, 0) is 24.5 Å². The second-order valence-electron chi connectivity index (χ2n) is 9.96. The molecule has 1 amide bonds. The van der Waals surface area contributed by atoms with Gasteiger partial charge >= 0.3 is 5.97 Å². The Morgan fingerprint density at radius 3 is 2.38 bits per heavy atom. The van der Waals surface area contributed by atoms with Crippen LogP contribution in [0.1, 0.15) is 49.7 Å². The molecule has 0 N–H and O–H groups in total. The summed E-state index contributed by atoms with van der Waals surface area (Å²) in [5.74, 6) is 0.962. The van der Waals surface area contributed by atoms with Crippen LogP contribution in [0.4, 0.5) is 0 Å². The Morgan fingerprint density at radius 1 is 1.07 bits per heavy atom. The van der Waals surface area contributed by atoms with Gasteiger partial charge in [0.15, 0.2) is 6.61 Å². The van der Waals surface area contributed by atoms with Crippen molar-refractivity contribution in [2.75, 3.05) is 32.9 Å². The zero-order valence-corrected chi connectivity index (χ0v) is 17.3. The Kier molecular flexibility index (Phi) is 4.69. The van der Waals surface area contributed by atoms with E-state index in [1.807, 2.05) is 0 Å². The van der Waals surface area contributed by atoms with Gasteiger partial charge in [-0.3, -0.25) is 9.59 Å². The van der Waals surface area contributed by atoms with Crippen LogP contribution in [0.15, 0.2) is 24.3 Å². The molecule has 1 aliphatic heterocycles. The molecule has 4 bridgehead atoms. The van der Waals surface area contributed by atoms with Gasteiger partial charge in [0.1, 0.15) is 0 Å². The highest BCUT2D eigenvalue weighted by atomic mass is 16.5. The molecule has 2 atom stereocenters. The van der Waals surface area contributed by atoms with E-state index in [1.54, 1.807) is 4.90 Å². The third kappa shape index (κ3) is 3.37. The fraction of sp³-hybridized carbons (Fsp3) is 0.667. The largest absolute Gasteiger partial charge is 0.455 e. The molecule has 5 fully saturated rings. The summed E-state index contributed by atoms with van der Waals surface area (Å²) in [7, 11) is 0. The Morgan fingerprint density at radius 2 is 1.72 bits per heavy atom. The maximum atomic E-state index is 13.3. The van der Waals surface area contributed by atoms with Gasteiger partial charge in [0.25, 0.3) is 5.91 Å². The molecule has 6 rings (SSSR count). The van der Waals surface area contributed by atoms with Crippen LogP contribution in [0.5, 0.6) is 0 Å². The van der Waals surface area contributed by atoms with Crippen LogP contribution in [0.25, 0.3) is 0 Å². The van der Waals surface area contributed by atoms with Crippen molar-refractivity contribution in [3.05, 3.63) is 35.4 Å². The average Bonchev–Trinajstić information content (AvgIpc) is 2.72. The highest BCUT2D eigenvalue weighted by molar-refractivity contribution is 5.83. The van der Waals surface area contributed by atoms with Crippen LogP contribution in [-0.4, -0.2) is 49.7 Å². The zero-order chi connectivity index (χ0) is 20.1. The lowest BCUT2D eigenvalue weighted by molar-refractivity contribution is -0.177. The number of morpholine rings is 1. The molecule has 0 radical (unpaired) electrons. The van der Waals surface area contributed by atoms with E-state index in [1.165, 1.54) is 30.4 Å². The van der Waals surface area contributed by atoms with Gasteiger partial charge in [-0.15, -0.1) is 0 Å².